The molecule has 156 valence electrons. The molecule has 2 N–H and O–H groups in total. The van der Waals surface area contributed by atoms with Gasteiger partial charge in [-0.15, -0.1) is 0 Å². The first-order valence-corrected chi connectivity index (χ1v) is 10.2. The summed E-state index contributed by atoms with van der Waals surface area (Å²) in [5, 5.41) is 4.67. The van der Waals surface area contributed by atoms with Gasteiger partial charge in [0.1, 0.15) is 5.82 Å². The Morgan fingerprint density at radius 1 is 0.967 bits per heavy atom. The molecule has 0 unspecified atom stereocenters. The number of likely N-dealkylation sites (N-methyl/N-ethyl adjacent to an activating group) is 1. The Morgan fingerprint density at radius 3 is 2.33 bits per heavy atom. The van der Waals surface area contributed by atoms with E-state index in [-0.39, 0.29) is 17.5 Å². The van der Waals surface area contributed by atoms with Crippen LogP contribution in [-0.2, 0) is 0 Å². The summed E-state index contributed by atoms with van der Waals surface area (Å²) in [6, 6.07) is 13.1. The predicted molar refractivity (Wildman–Crippen MR) is 119 cm³/mol. The number of hydrogen-bond acceptors (Lipinski definition) is 7. The third kappa shape index (κ3) is 3.91. The maximum atomic E-state index is 12.3. The molecule has 0 saturated carbocycles. The van der Waals surface area contributed by atoms with E-state index in [4.69, 9.17) is 5.73 Å². The lowest BCUT2D eigenvalue weighted by atomic mass is 10.0. The summed E-state index contributed by atoms with van der Waals surface area (Å²) in [4.78, 5) is 26.0. The highest BCUT2D eigenvalue weighted by Gasteiger charge is 2.25. The number of hydrogen-bond donors (Lipinski definition) is 1. The molecule has 2 aromatic heterocycles. The van der Waals surface area contributed by atoms with Crippen LogP contribution in [-0.4, -0.2) is 57.9 Å². The Morgan fingerprint density at radius 2 is 1.67 bits per heavy atom. The number of nitrogen functional groups attached to an aromatic ring is 1. The highest BCUT2D eigenvalue weighted by atomic mass is 16.1. The van der Waals surface area contributed by atoms with Gasteiger partial charge in [0.15, 0.2) is 0 Å². The molecule has 1 fully saturated rings. The largest absolute Gasteiger partial charge is 0.368 e. The standard InChI is InChI=1S/C22H27N7O/c1-15(2)29-18(30)10-9-17(26-29)19-20(16-7-5-4-6-8-16)24-22(23)25-21(19)28-13-11-27(3)12-14-28/h4-10,15H,11-14H2,1-3H3,(H2,23,24,25). The lowest BCUT2D eigenvalue weighted by Crippen LogP contribution is -2.45. The van der Waals surface area contributed by atoms with Gasteiger partial charge in [0.25, 0.3) is 5.56 Å². The molecule has 1 aromatic carbocycles. The monoisotopic (exact) mass is 405 g/mol. The number of nitrogens with zero attached hydrogens (tertiary/aromatic N) is 6. The predicted octanol–water partition coefficient (Wildman–Crippen LogP) is 2.28. The molecule has 8 heteroatoms. The minimum Gasteiger partial charge on any atom is -0.368 e. The smallest absolute Gasteiger partial charge is 0.267 e. The molecule has 3 aromatic rings. The average molecular weight is 406 g/mol. The summed E-state index contributed by atoms with van der Waals surface area (Å²) in [6.07, 6.45) is 0. The van der Waals surface area contributed by atoms with Crippen LogP contribution in [0.5, 0.6) is 0 Å². The van der Waals surface area contributed by atoms with Crippen LogP contribution in [0.1, 0.15) is 19.9 Å². The summed E-state index contributed by atoms with van der Waals surface area (Å²) >= 11 is 0. The maximum absolute atomic E-state index is 12.3. The van der Waals surface area contributed by atoms with Gasteiger partial charge in [-0.1, -0.05) is 30.3 Å². The van der Waals surface area contributed by atoms with Gasteiger partial charge in [0.05, 0.1) is 23.0 Å². The van der Waals surface area contributed by atoms with E-state index >= 15 is 0 Å². The van der Waals surface area contributed by atoms with Crippen molar-refractivity contribution in [1.29, 1.82) is 0 Å². The fourth-order valence-corrected chi connectivity index (χ4v) is 3.68. The molecule has 1 saturated heterocycles. The van der Waals surface area contributed by atoms with Crippen molar-refractivity contribution in [3.8, 4) is 22.5 Å². The van der Waals surface area contributed by atoms with E-state index < -0.39 is 0 Å². The summed E-state index contributed by atoms with van der Waals surface area (Å²) in [5.41, 5.74) is 9.13. The van der Waals surface area contributed by atoms with Gasteiger partial charge in [-0.25, -0.2) is 9.67 Å². The summed E-state index contributed by atoms with van der Waals surface area (Å²) < 4.78 is 1.49. The van der Waals surface area contributed by atoms with Crippen LogP contribution in [0, 0.1) is 0 Å². The van der Waals surface area contributed by atoms with Gasteiger partial charge < -0.3 is 15.5 Å². The van der Waals surface area contributed by atoms with Gasteiger partial charge in [0, 0.05) is 37.8 Å². The van der Waals surface area contributed by atoms with Crippen LogP contribution < -0.4 is 16.2 Å². The highest BCUT2D eigenvalue weighted by Crippen LogP contribution is 2.37. The third-order valence-corrected chi connectivity index (χ3v) is 5.33. The van der Waals surface area contributed by atoms with Crippen LogP contribution in [0.4, 0.5) is 11.8 Å². The second-order valence-corrected chi connectivity index (χ2v) is 7.88. The van der Waals surface area contributed by atoms with Crippen molar-refractivity contribution in [2.24, 2.45) is 0 Å². The molecular weight excluding hydrogens is 378 g/mol. The normalized spacial score (nSPS) is 15.0. The molecule has 0 bridgehead atoms. The zero-order chi connectivity index (χ0) is 21.3. The molecule has 0 spiro atoms. The lowest BCUT2D eigenvalue weighted by molar-refractivity contribution is 0.312. The van der Waals surface area contributed by atoms with Crippen LogP contribution in [0.25, 0.3) is 22.5 Å². The van der Waals surface area contributed by atoms with Gasteiger partial charge in [-0.05, 0) is 27.0 Å². The molecule has 8 nitrogen and oxygen atoms in total. The Labute approximate surface area is 176 Å². The number of nitrogens with two attached hydrogens (primary N) is 1. The van der Waals surface area contributed by atoms with E-state index in [9.17, 15) is 4.79 Å². The zero-order valence-electron chi connectivity index (χ0n) is 17.6. The number of rotatable bonds is 4. The second kappa shape index (κ2) is 8.23. The lowest BCUT2D eigenvalue weighted by Gasteiger charge is -2.34. The molecule has 0 atom stereocenters. The number of aromatic nitrogens is 4. The average Bonchev–Trinajstić information content (AvgIpc) is 2.74. The van der Waals surface area contributed by atoms with E-state index in [0.717, 1.165) is 48.8 Å². The van der Waals surface area contributed by atoms with Crippen molar-refractivity contribution in [2.45, 2.75) is 19.9 Å². The number of piperazine rings is 1. The van der Waals surface area contributed by atoms with Crippen molar-refractivity contribution in [1.82, 2.24) is 24.6 Å². The Balaban J connectivity index is 1.96. The Kier molecular flexibility index (Phi) is 5.50. The fraction of sp³-hybridized carbons (Fsp3) is 0.364. The van der Waals surface area contributed by atoms with Gasteiger partial charge in [-0.2, -0.15) is 10.1 Å². The van der Waals surface area contributed by atoms with Crippen molar-refractivity contribution in [3.05, 3.63) is 52.8 Å². The first-order valence-electron chi connectivity index (χ1n) is 10.2. The SMILES string of the molecule is CC(C)n1nc(-c2c(-c3ccccc3)nc(N)nc2N2CCN(C)CC2)ccc1=O. The first-order chi connectivity index (χ1) is 14.4. The summed E-state index contributed by atoms with van der Waals surface area (Å²) in [5.74, 6) is 0.986. The molecule has 0 amide bonds. The van der Waals surface area contributed by atoms with E-state index in [1.54, 1.807) is 12.1 Å². The molecule has 0 radical (unpaired) electrons. The number of benzene rings is 1. The van der Waals surface area contributed by atoms with E-state index in [2.05, 4.69) is 31.9 Å². The van der Waals surface area contributed by atoms with Crippen molar-refractivity contribution in [3.63, 3.8) is 0 Å². The van der Waals surface area contributed by atoms with Crippen molar-refractivity contribution >= 4 is 11.8 Å². The second-order valence-electron chi connectivity index (χ2n) is 7.88. The van der Waals surface area contributed by atoms with E-state index in [1.165, 1.54) is 4.68 Å². The van der Waals surface area contributed by atoms with E-state index in [0.29, 0.717) is 5.69 Å². The van der Waals surface area contributed by atoms with Crippen LogP contribution in [0.2, 0.25) is 0 Å². The molecule has 0 aliphatic carbocycles. The number of anilines is 2. The molecule has 3 heterocycles. The van der Waals surface area contributed by atoms with Crippen LogP contribution in [0.3, 0.4) is 0 Å². The highest BCUT2D eigenvalue weighted by molar-refractivity contribution is 5.87. The minimum atomic E-state index is -0.132. The van der Waals surface area contributed by atoms with Gasteiger partial charge in [-0.3, -0.25) is 4.79 Å². The Hall–Kier alpha value is -3.26. The molecule has 1 aliphatic heterocycles. The molecule has 30 heavy (non-hydrogen) atoms. The topological polar surface area (TPSA) is 93.2 Å². The maximum Gasteiger partial charge on any atom is 0.267 e. The minimum absolute atomic E-state index is 0.0561. The van der Waals surface area contributed by atoms with Crippen molar-refractivity contribution in [2.75, 3.05) is 43.9 Å². The fourth-order valence-electron chi connectivity index (χ4n) is 3.68. The van der Waals surface area contributed by atoms with Gasteiger partial charge >= 0.3 is 0 Å². The third-order valence-electron chi connectivity index (χ3n) is 5.33. The molecular formula is C22H27N7O. The van der Waals surface area contributed by atoms with Crippen LogP contribution >= 0.6 is 0 Å². The summed E-state index contributed by atoms with van der Waals surface area (Å²) in [6.45, 7) is 7.41. The molecule has 1 aliphatic rings. The van der Waals surface area contributed by atoms with Crippen LogP contribution in [0.15, 0.2) is 47.3 Å². The first kappa shape index (κ1) is 20.0. The van der Waals surface area contributed by atoms with Gasteiger partial charge in [0.2, 0.25) is 5.95 Å². The van der Waals surface area contributed by atoms with E-state index in [1.807, 2.05) is 44.2 Å². The summed E-state index contributed by atoms with van der Waals surface area (Å²) in [7, 11) is 2.11. The van der Waals surface area contributed by atoms with Crippen molar-refractivity contribution < 1.29 is 0 Å². The Bertz CT molecular complexity index is 1090. The zero-order valence-corrected chi connectivity index (χ0v) is 17.6. The molecule has 4 rings (SSSR count). The quantitative estimate of drug-likeness (QED) is 0.712.